The predicted molar refractivity (Wildman–Crippen MR) is 138 cm³/mol. The number of hydrogen-bond donors (Lipinski definition) is 7. The minimum Gasteiger partial charge on any atom is -0.480 e. The molecule has 4 unspecified atom stereocenters. The van der Waals surface area contributed by atoms with Crippen LogP contribution >= 0.6 is 0 Å². The molecule has 5 amide bonds. The van der Waals surface area contributed by atoms with Crippen molar-refractivity contribution in [3.05, 3.63) is 35.9 Å². The maximum Gasteiger partial charge on any atom is 0.326 e. The molecule has 0 aliphatic heterocycles. The summed E-state index contributed by atoms with van der Waals surface area (Å²) in [5.74, 6) is -5.11. The molecule has 1 rings (SSSR count). The highest BCUT2D eigenvalue weighted by molar-refractivity contribution is 5.94. The molecule has 0 saturated carbocycles. The molecule has 0 heterocycles. The Kier molecular flexibility index (Phi) is 13.5. The molecule has 38 heavy (non-hydrogen) atoms. The van der Waals surface area contributed by atoms with E-state index in [2.05, 4.69) is 16.0 Å². The first kappa shape index (κ1) is 32.0. The van der Waals surface area contributed by atoms with Crippen molar-refractivity contribution in [2.24, 2.45) is 23.1 Å². The molecule has 0 fully saturated rings. The molecule has 0 bridgehead atoms. The van der Waals surface area contributed by atoms with Crippen LogP contribution in [0.4, 0.5) is 0 Å². The molecule has 0 aliphatic rings. The minimum atomic E-state index is -1.34. The number of aliphatic carboxylic acids is 1. The summed E-state index contributed by atoms with van der Waals surface area (Å²) < 4.78 is 0. The Bertz CT molecular complexity index is 986. The SMILES string of the molecule is CC(C)CC(NC(=O)C(CCC(N)=O)NC(=O)C(CCC(N)=O)NC(=O)C(N)Cc1ccccc1)C(=O)O. The number of carbonyl (C=O) groups excluding carboxylic acids is 5. The van der Waals surface area contributed by atoms with E-state index in [4.69, 9.17) is 17.2 Å². The number of primary amides is 2. The fourth-order valence-corrected chi connectivity index (χ4v) is 3.59. The molecule has 10 N–H and O–H groups in total. The first-order valence-electron chi connectivity index (χ1n) is 12.3. The highest BCUT2D eigenvalue weighted by Gasteiger charge is 2.31. The highest BCUT2D eigenvalue weighted by atomic mass is 16.4. The van der Waals surface area contributed by atoms with Crippen LogP contribution < -0.4 is 33.2 Å². The Morgan fingerprint density at radius 3 is 1.63 bits per heavy atom. The van der Waals surface area contributed by atoms with Crippen molar-refractivity contribution >= 4 is 35.5 Å². The van der Waals surface area contributed by atoms with Crippen LogP contribution in [0.1, 0.15) is 51.5 Å². The quantitative estimate of drug-likeness (QED) is 0.126. The van der Waals surface area contributed by atoms with E-state index in [0.717, 1.165) is 5.56 Å². The maximum absolute atomic E-state index is 13.1. The normalized spacial score (nSPS) is 14.0. The molecular weight excluding hydrogens is 496 g/mol. The Morgan fingerprint density at radius 1 is 0.763 bits per heavy atom. The molecular formula is C25H38N6O7. The van der Waals surface area contributed by atoms with Gasteiger partial charge in [-0.3, -0.25) is 24.0 Å². The van der Waals surface area contributed by atoms with E-state index in [9.17, 15) is 33.9 Å². The Hall–Kier alpha value is -4.00. The van der Waals surface area contributed by atoms with Gasteiger partial charge >= 0.3 is 5.97 Å². The fraction of sp³-hybridized carbons (Fsp3) is 0.520. The molecule has 0 aromatic heterocycles. The molecule has 0 aliphatic carbocycles. The molecule has 1 aromatic rings. The average molecular weight is 535 g/mol. The van der Waals surface area contributed by atoms with Crippen molar-refractivity contribution in [2.75, 3.05) is 0 Å². The summed E-state index contributed by atoms with van der Waals surface area (Å²) in [5, 5.41) is 16.7. The van der Waals surface area contributed by atoms with Crippen LogP contribution in [0.2, 0.25) is 0 Å². The molecule has 13 heteroatoms. The third-order valence-corrected chi connectivity index (χ3v) is 5.58. The largest absolute Gasteiger partial charge is 0.480 e. The zero-order chi connectivity index (χ0) is 28.8. The van der Waals surface area contributed by atoms with Gasteiger partial charge in [0.25, 0.3) is 0 Å². The zero-order valence-corrected chi connectivity index (χ0v) is 21.6. The van der Waals surface area contributed by atoms with Crippen LogP contribution in [-0.4, -0.2) is 64.8 Å². The van der Waals surface area contributed by atoms with E-state index in [0.29, 0.717) is 0 Å². The smallest absolute Gasteiger partial charge is 0.326 e. The van der Waals surface area contributed by atoms with Crippen LogP contribution in [0, 0.1) is 5.92 Å². The zero-order valence-electron chi connectivity index (χ0n) is 21.6. The van der Waals surface area contributed by atoms with Crippen LogP contribution in [0.15, 0.2) is 30.3 Å². The molecule has 210 valence electrons. The lowest BCUT2D eigenvalue weighted by atomic mass is 10.0. The lowest BCUT2D eigenvalue weighted by Crippen LogP contribution is -2.57. The van der Waals surface area contributed by atoms with Crippen molar-refractivity contribution in [1.29, 1.82) is 0 Å². The summed E-state index contributed by atoms with van der Waals surface area (Å²) in [5.41, 5.74) is 17.2. The summed E-state index contributed by atoms with van der Waals surface area (Å²) in [4.78, 5) is 73.0. The number of carboxylic acids is 1. The van der Waals surface area contributed by atoms with Crippen molar-refractivity contribution in [2.45, 2.75) is 76.5 Å². The predicted octanol–water partition coefficient (Wildman–Crippen LogP) is -1.33. The highest BCUT2D eigenvalue weighted by Crippen LogP contribution is 2.08. The van der Waals surface area contributed by atoms with E-state index in [1.807, 2.05) is 6.07 Å². The van der Waals surface area contributed by atoms with Gasteiger partial charge in [-0.2, -0.15) is 0 Å². The second-order valence-electron chi connectivity index (χ2n) is 9.46. The first-order valence-corrected chi connectivity index (χ1v) is 12.3. The van der Waals surface area contributed by atoms with Crippen LogP contribution in [0.3, 0.4) is 0 Å². The molecule has 1 aromatic carbocycles. The van der Waals surface area contributed by atoms with Gasteiger partial charge in [-0.05, 0) is 37.2 Å². The number of nitrogens with two attached hydrogens (primary N) is 3. The monoisotopic (exact) mass is 534 g/mol. The average Bonchev–Trinajstić information content (AvgIpc) is 2.83. The molecule has 13 nitrogen and oxygen atoms in total. The van der Waals surface area contributed by atoms with Crippen LogP contribution in [0.25, 0.3) is 0 Å². The summed E-state index contributed by atoms with van der Waals surface area (Å²) in [7, 11) is 0. The van der Waals surface area contributed by atoms with Gasteiger partial charge in [0.2, 0.25) is 29.5 Å². The Morgan fingerprint density at radius 2 is 1.21 bits per heavy atom. The van der Waals surface area contributed by atoms with Gasteiger partial charge in [0.1, 0.15) is 18.1 Å². The third kappa shape index (κ3) is 12.3. The molecule has 0 spiro atoms. The maximum atomic E-state index is 13.1. The van der Waals surface area contributed by atoms with Gasteiger partial charge < -0.3 is 38.3 Å². The summed E-state index contributed by atoms with van der Waals surface area (Å²) in [6.45, 7) is 3.56. The number of nitrogens with one attached hydrogen (secondary N) is 3. The van der Waals surface area contributed by atoms with E-state index >= 15 is 0 Å². The van der Waals surface area contributed by atoms with E-state index < -0.39 is 59.7 Å². The Labute approximate surface area is 221 Å². The molecule has 0 radical (unpaired) electrons. The first-order chi connectivity index (χ1) is 17.8. The number of carbonyl (C=O) groups is 6. The third-order valence-electron chi connectivity index (χ3n) is 5.58. The molecule has 0 saturated heterocycles. The number of benzene rings is 1. The molecule has 4 atom stereocenters. The van der Waals surface area contributed by atoms with Crippen molar-refractivity contribution in [3.8, 4) is 0 Å². The number of carboxylic acid groups (broad SMARTS) is 1. The minimum absolute atomic E-state index is 0.0523. The van der Waals surface area contributed by atoms with Crippen molar-refractivity contribution in [1.82, 2.24) is 16.0 Å². The lowest BCUT2D eigenvalue weighted by Gasteiger charge is -2.25. The van der Waals surface area contributed by atoms with Crippen LogP contribution in [-0.2, 0) is 35.2 Å². The number of amides is 5. The summed E-state index contributed by atoms with van der Waals surface area (Å²) in [6.07, 6.45) is -0.604. The topological polar surface area (TPSA) is 237 Å². The Balaban J connectivity index is 3.03. The lowest BCUT2D eigenvalue weighted by molar-refractivity contribution is -0.143. The summed E-state index contributed by atoms with van der Waals surface area (Å²) in [6, 6.07) is 4.10. The van der Waals surface area contributed by atoms with Gasteiger partial charge in [0.15, 0.2) is 0 Å². The van der Waals surface area contributed by atoms with Gasteiger partial charge in [-0.1, -0.05) is 44.2 Å². The van der Waals surface area contributed by atoms with E-state index in [1.165, 1.54) is 0 Å². The van der Waals surface area contributed by atoms with Gasteiger partial charge in [-0.15, -0.1) is 0 Å². The standard InChI is InChI=1S/C25H38N6O7/c1-14(2)12-19(25(37)38)31-24(36)18(9-11-21(28)33)30-23(35)17(8-10-20(27)32)29-22(34)16(26)13-15-6-4-3-5-7-15/h3-7,14,16-19H,8-13,26H2,1-2H3,(H2,27,32)(H2,28,33)(H,29,34)(H,30,35)(H,31,36)(H,37,38). The number of rotatable bonds is 17. The summed E-state index contributed by atoms with van der Waals surface area (Å²) >= 11 is 0. The second-order valence-corrected chi connectivity index (χ2v) is 9.46. The van der Waals surface area contributed by atoms with Gasteiger partial charge in [0.05, 0.1) is 6.04 Å². The van der Waals surface area contributed by atoms with Crippen LogP contribution in [0.5, 0.6) is 0 Å². The van der Waals surface area contributed by atoms with Gasteiger partial charge in [-0.25, -0.2) is 4.79 Å². The van der Waals surface area contributed by atoms with Crippen molar-refractivity contribution < 1.29 is 33.9 Å². The fourth-order valence-electron chi connectivity index (χ4n) is 3.59. The van der Waals surface area contributed by atoms with Gasteiger partial charge in [0, 0.05) is 12.8 Å². The van der Waals surface area contributed by atoms with E-state index in [-0.39, 0.29) is 44.4 Å². The number of hydrogen-bond acceptors (Lipinski definition) is 7. The second kappa shape index (κ2) is 16.0. The van der Waals surface area contributed by atoms with Crippen molar-refractivity contribution in [3.63, 3.8) is 0 Å². The van der Waals surface area contributed by atoms with E-state index in [1.54, 1.807) is 38.1 Å².